The van der Waals surface area contributed by atoms with Crippen molar-refractivity contribution in [2.75, 3.05) is 20.2 Å². The molecule has 1 amide bonds. The van der Waals surface area contributed by atoms with E-state index in [1.165, 1.54) is 0 Å². The molecule has 114 valence electrons. The first-order chi connectivity index (χ1) is 10.1. The van der Waals surface area contributed by atoms with E-state index in [4.69, 9.17) is 10.5 Å². The first-order valence-corrected chi connectivity index (χ1v) is 7.23. The van der Waals surface area contributed by atoms with Gasteiger partial charge < -0.3 is 15.8 Å². The molecular formula is C17H24N2O2. The van der Waals surface area contributed by atoms with Crippen LogP contribution in [0.1, 0.15) is 42.6 Å². The zero-order chi connectivity index (χ0) is 15.7. The highest BCUT2D eigenvalue weighted by atomic mass is 16.5. The molecule has 0 saturated heterocycles. The van der Waals surface area contributed by atoms with Crippen molar-refractivity contribution in [3.05, 3.63) is 29.3 Å². The van der Waals surface area contributed by atoms with Gasteiger partial charge in [-0.15, -0.1) is 0 Å². The van der Waals surface area contributed by atoms with Gasteiger partial charge in [-0.3, -0.25) is 4.79 Å². The Morgan fingerprint density at radius 2 is 2.19 bits per heavy atom. The lowest BCUT2D eigenvalue weighted by atomic mass is 10.1. The molecule has 1 aromatic carbocycles. The minimum Gasteiger partial charge on any atom is -0.495 e. The number of ether oxygens (including phenoxy) is 1. The quantitative estimate of drug-likeness (QED) is 0.623. The summed E-state index contributed by atoms with van der Waals surface area (Å²) in [5, 5.41) is 2.92. The number of hydrogen-bond acceptors (Lipinski definition) is 3. The van der Waals surface area contributed by atoms with Crippen molar-refractivity contribution in [2.24, 2.45) is 11.7 Å². The number of carbonyl (C=O) groups excluding carboxylic acids is 1. The Labute approximate surface area is 127 Å². The van der Waals surface area contributed by atoms with E-state index < -0.39 is 0 Å². The average molecular weight is 288 g/mol. The standard InChI is InChI=1S/C17H24N2O2/c1-13(2)6-5-11-19-17(20)15-8-9-16(21-3)14(12-15)7-4-10-18/h8-9,12-13H,5-6,10-11,18H2,1-3H3,(H,19,20). The minimum absolute atomic E-state index is 0.0859. The van der Waals surface area contributed by atoms with Crippen LogP contribution in [0.15, 0.2) is 18.2 Å². The average Bonchev–Trinajstić information content (AvgIpc) is 2.48. The number of nitrogens with one attached hydrogen (secondary N) is 1. The summed E-state index contributed by atoms with van der Waals surface area (Å²) >= 11 is 0. The Balaban J connectivity index is 2.71. The van der Waals surface area contributed by atoms with Crippen molar-refractivity contribution < 1.29 is 9.53 Å². The molecule has 0 saturated carbocycles. The van der Waals surface area contributed by atoms with Crippen LogP contribution in [-0.4, -0.2) is 26.1 Å². The van der Waals surface area contributed by atoms with Crippen LogP contribution in [0.5, 0.6) is 5.75 Å². The highest BCUT2D eigenvalue weighted by Gasteiger charge is 2.08. The molecule has 0 fully saturated rings. The zero-order valence-electron chi connectivity index (χ0n) is 13.0. The molecule has 0 unspecified atom stereocenters. The fourth-order valence-electron chi connectivity index (χ4n) is 1.91. The first kappa shape index (κ1) is 17.1. The van der Waals surface area contributed by atoms with Gasteiger partial charge in [0.25, 0.3) is 5.91 Å². The van der Waals surface area contributed by atoms with Crippen molar-refractivity contribution in [3.8, 4) is 17.6 Å². The van der Waals surface area contributed by atoms with E-state index in [1.54, 1.807) is 25.3 Å². The molecule has 1 rings (SSSR count). The van der Waals surface area contributed by atoms with Crippen LogP contribution in [0.25, 0.3) is 0 Å². The Hall–Kier alpha value is -1.99. The summed E-state index contributed by atoms with van der Waals surface area (Å²) in [6, 6.07) is 5.23. The monoisotopic (exact) mass is 288 g/mol. The molecule has 0 aliphatic rings. The predicted molar refractivity (Wildman–Crippen MR) is 85.3 cm³/mol. The highest BCUT2D eigenvalue weighted by Crippen LogP contribution is 2.18. The maximum Gasteiger partial charge on any atom is 0.251 e. The molecule has 0 spiro atoms. The van der Waals surface area contributed by atoms with Crippen LogP contribution in [-0.2, 0) is 0 Å². The van der Waals surface area contributed by atoms with E-state index >= 15 is 0 Å². The topological polar surface area (TPSA) is 64.3 Å². The molecule has 0 bridgehead atoms. The molecule has 0 radical (unpaired) electrons. The van der Waals surface area contributed by atoms with Gasteiger partial charge in [-0.2, -0.15) is 0 Å². The summed E-state index contributed by atoms with van der Waals surface area (Å²) in [6.07, 6.45) is 2.09. The van der Waals surface area contributed by atoms with Gasteiger partial charge >= 0.3 is 0 Å². The third kappa shape index (κ3) is 5.88. The largest absolute Gasteiger partial charge is 0.495 e. The van der Waals surface area contributed by atoms with Crippen molar-refractivity contribution in [2.45, 2.75) is 26.7 Å². The van der Waals surface area contributed by atoms with Crippen LogP contribution < -0.4 is 15.8 Å². The summed E-state index contributed by atoms with van der Waals surface area (Å²) in [5.74, 6) is 6.91. The number of rotatable bonds is 6. The molecule has 4 nitrogen and oxygen atoms in total. The fraction of sp³-hybridized carbons (Fsp3) is 0.471. The maximum atomic E-state index is 12.1. The molecule has 0 heterocycles. The van der Waals surface area contributed by atoms with Crippen LogP contribution >= 0.6 is 0 Å². The number of nitrogens with two attached hydrogens (primary N) is 1. The Morgan fingerprint density at radius 1 is 1.43 bits per heavy atom. The molecule has 1 aromatic rings. The van der Waals surface area contributed by atoms with Crippen molar-refractivity contribution in [1.82, 2.24) is 5.32 Å². The minimum atomic E-state index is -0.0859. The van der Waals surface area contributed by atoms with E-state index in [-0.39, 0.29) is 12.5 Å². The molecule has 0 aliphatic heterocycles. The number of amides is 1. The lowest BCUT2D eigenvalue weighted by Crippen LogP contribution is -2.24. The van der Waals surface area contributed by atoms with Gasteiger partial charge in [0.1, 0.15) is 5.75 Å². The van der Waals surface area contributed by atoms with Crippen molar-refractivity contribution in [1.29, 1.82) is 0 Å². The van der Waals surface area contributed by atoms with Gasteiger partial charge in [-0.1, -0.05) is 25.7 Å². The second-order valence-electron chi connectivity index (χ2n) is 5.21. The van der Waals surface area contributed by atoms with E-state index in [0.717, 1.165) is 12.8 Å². The van der Waals surface area contributed by atoms with Gasteiger partial charge in [-0.05, 0) is 37.0 Å². The number of carbonyl (C=O) groups is 1. The Morgan fingerprint density at radius 3 is 2.81 bits per heavy atom. The van der Waals surface area contributed by atoms with Gasteiger partial charge in [0.05, 0.1) is 19.2 Å². The maximum absolute atomic E-state index is 12.1. The number of benzene rings is 1. The summed E-state index contributed by atoms with van der Waals surface area (Å²) < 4.78 is 5.23. The first-order valence-electron chi connectivity index (χ1n) is 7.23. The lowest BCUT2D eigenvalue weighted by Gasteiger charge is -2.09. The Kier molecular flexibility index (Phi) is 7.34. The summed E-state index contributed by atoms with van der Waals surface area (Å²) in [6.45, 7) is 5.31. The third-order valence-electron chi connectivity index (χ3n) is 3.03. The molecule has 4 heteroatoms. The number of hydrogen-bond donors (Lipinski definition) is 2. The molecular weight excluding hydrogens is 264 g/mol. The highest BCUT2D eigenvalue weighted by molar-refractivity contribution is 5.94. The zero-order valence-corrected chi connectivity index (χ0v) is 13.0. The molecule has 3 N–H and O–H groups in total. The van der Waals surface area contributed by atoms with E-state index in [9.17, 15) is 4.79 Å². The lowest BCUT2D eigenvalue weighted by molar-refractivity contribution is 0.0952. The second-order valence-corrected chi connectivity index (χ2v) is 5.21. The summed E-state index contributed by atoms with van der Waals surface area (Å²) in [5.41, 5.74) is 6.64. The predicted octanol–water partition coefficient (Wildman–Crippen LogP) is 2.17. The Bertz CT molecular complexity index is 527. The van der Waals surface area contributed by atoms with E-state index in [0.29, 0.717) is 29.3 Å². The SMILES string of the molecule is COc1ccc(C(=O)NCCCC(C)C)cc1C#CCN. The van der Waals surface area contributed by atoms with Crippen LogP contribution in [0.2, 0.25) is 0 Å². The smallest absolute Gasteiger partial charge is 0.251 e. The second kappa shape index (κ2) is 9.04. The normalized spacial score (nSPS) is 9.95. The molecule has 0 aromatic heterocycles. The van der Waals surface area contributed by atoms with Crippen molar-refractivity contribution >= 4 is 5.91 Å². The molecule has 0 aliphatic carbocycles. The van der Waals surface area contributed by atoms with E-state index in [1.807, 2.05) is 0 Å². The van der Waals surface area contributed by atoms with Gasteiger partial charge in [-0.25, -0.2) is 0 Å². The third-order valence-corrected chi connectivity index (χ3v) is 3.03. The van der Waals surface area contributed by atoms with Gasteiger partial charge in [0.2, 0.25) is 0 Å². The van der Waals surface area contributed by atoms with Crippen LogP contribution in [0.3, 0.4) is 0 Å². The summed E-state index contributed by atoms with van der Waals surface area (Å²) in [7, 11) is 1.58. The molecule has 21 heavy (non-hydrogen) atoms. The summed E-state index contributed by atoms with van der Waals surface area (Å²) in [4.78, 5) is 12.1. The fourth-order valence-corrected chi connectivity index (χ4v) is 1.91. The van der Waals surface area contributed by atoms with Gasteiger partial charge in [0, 0.05) is 12.1 Å². The van der Waals surface area contributed by atoms with E-state index in [2.05, 4.69) is 31.0 Å². The molecule has 0 atom stereocenters. The van der Waals surface area contributed by atoms with Crippen LogP contribution in [0, 0.1) is 17.8 Å². The van der Waals surface area contributed by atoms with Crippen molar-refractivity contribution in [3.63, 3.8) is 0 Å². The van der Waals surface area contributed by atoms with Crippen LogP contribution in [0.4, 0.5) is 0 Å². The van der Waals surface area contributed by atoms with Gasteiger partial charge in [0.15, 0.2) is 0 Å². The number of methoxy groups -OCH3 is 1.